The Hall–Kier alpha value is -3.26. The molecule has 2 heterocycles. The molecule has 2 aliphatic heterocycles. The second-order valence-electron chi connectivity index (χ2n) is 8.28. The summed E-state index contributed by atoms with van der Waals surface area (Å²) in [6, 6.07) is 12.7. The molecule has 0 saturated carbocycles. The van der Waals surface area contributed by atoms with Gasteiger partial charge in [-0.2, -0.15) is 0 Å². The number of hydrogen-bond acceptors (Lipinski definition) is 6. The molecule has 2 N–H and O–H groups in total. The van der Waals surface area contributed by atoms with Crippen LogP contribution in [0.2, 0.25) is 0 Å². The fourth-order valence-corrected chi connectivity index (χ4v) is 4.24. The van der Waals surface area contributed by atoms with Gasteiger partial charge < -0.3 is 24.4 Å². The van der Waals surface area contributed by atoms with Gasteiger partial charge in [0.25, 0.3) is 0 Å². The number of nitrogens with one attached hydrogen (secondary N) is 2. The van der Waals surface area contributed by atoms with E-state index >= 15 is 0 Å². The predicted octanol–water partition coefficient (Wildman–Crippen LogP) is 3.81. The van der Waals surface area contributed by atoms with E-state index in [4.69, 9.17) is 14.2 Å². The van der Waals surface area contributed by atoms with E-state index in [1.165, 1.54) is 5.56 Å². The summed E-state index contributed by atoms with van der Waals surface area (Å²) in [6.45, 7) is 5.36. The zero-order valence-electron chi connectivity index (χ0n) is 19.0. The summed E-state index contributed by atoms with van der Waals surface area (Å²) < 4.78 is 16.3. The number of fused-ring (bicyclic) bond motifs is 1. The smallest absolute Gasteiger partial charge is 0.325 e. The third-order valence-electron chi connectivity index (χ3n) is 6.01. The van der Waals surface area contributed by atoms with Gasteiger partial charge in [0.05, 0.1) is 12.3 Å². The Morgan fingerprint density at radius 2 is 1.88 bits per heavy atom. The number of hydrogen-bond donors (Lipinski definition) is 2. The summed E-state index contributed by atoms with van der Waals surface area (Å²) in [4.78, 5) is 27.3. The van der Waals surface area contributed by atoms with Crippen molar-refractivity contribution in [2.45, 2.75) is 32.6 Å². The first-order chi connectivity index (χ1) is 16.1. The van der Waals surface area contributed by atoms with E-state index in [1.54, 1.807) is 12.1 Å². The fraction of sp³-hybridized carbons (Fsp3) is 0.440. The highest BCUT2D eigenvalue weighted by molar-refractivity contribution is 6.02. The third-order valence-corrected chi connectivity index (χ3v) is 6.01. The first-order valence-corrected chi connectivity index (χ1v) is 11.6. The lowest BCUT2D eigenvalue weighted by Gasteiger charge is -2.31. The van der Waals surface area contributed by atoms with E-state index in [-0.39, 0.29) is 11.8 Å². The van der Waals surface area contributed by atoms with Gasteiger partial charge in [-0.05, 0) is 82.1 Å². The second-order valence-corrected chi connectivity index (χ2v) is 8.28. The van der Waals surface area contributed by atoms with E-state index in [2.05, 4.69) is 27.7 Å². The zero-order valence-corrected chi connectivity index (χ0v) is 19.0. The van der Waals surface area contributed by atoms with Crippen molar-refractivity contribution < 1.29 is 23.8 Å². The molecule has 0 radical (unpaired) electrons. The average molecular weight is 454 g/mol. The molecule has 176 valence electrons. The molecule has 0 unspecified atom stereocenters. The second kappa shape index (κ2) is 11.0. The molecule has 1 fully saturated rings. The van der Waals surface area contributed by atoms with Crippen molar-refractivity contribution >= 4 is 17.6 Å². The highest BCUT2D eigenvalue weighted by Gasteiger charge is 2.26. The molecule has 3 amide bonds. The van der Waals surface area contributed by atoms with Crippen LogP contribution < -0.4 is 24.8 Å². The van der Waals surface area contributed by atoms with E-state index < -0.39 is 6.03 Å². The van der Waals surface area contributed by atoms with Crippen LogP contribution in [-0.4, -0.2) is 49.9 Å². The van der Waals surface area contributed by atoms with Gasteiger partial charge in [-0.15, -0.1) is 0 Å². The summed E-state index contributed by atoms with van der Waals surface area (Å²) >= 11 is 0. The predicted molar refractivity (Wildman–Crippen MR) is 125 cm³/mol. The van der Waals surface area contributed by atoms with Crippen LogP contribution in [0.5, 0.6) is 17.2 Å². The Labute approximate surface area is 194 Å². The Morgan fingerprint density at radius 3 is 2.70 bits per heavy atom. The van der Waals surface area contributed by atoms with Crippen LogP contribution in [-0.2, 0) is 11.2 Å². The molecule has 0 spiro atoms. The van der Waals surface area contributed by atoms with Crippen LogP contribution in [0.1, 0.15) is 31.7 Å². The number of benzene rings is 2. The molecular formula is C25H31N3O5. The third kappa shape index (κ3) is 6.16. The largest absolute Gasteiger partial charge is 0.492 e. The van der Waals surface area contributed by atoms with Gasteiger partial charge in [-0.25, -0.2) is 4.79 Å². The van der Waals surface area contributed by atoms with Crippen LogP contribution in [0.3, 0.4) is 0 Å². The number of nitrogens with zero attached hydrogens (tertiary/aromatic N) is 1. The van der Waals surface area contributed by atoms with Crippen molar-refractivity contribution in [2.24, 2.45) is 5.92 Å². The van der Waals surface area contributed by atoms with Gasteiger partial charge in [0.2, 0.25) is 12.7 Å². The summed E-state index contributed by atoms with van der Waals surface area (Å²) in [6.07, 6.45) is 3.51. The van der Waals surface area contributed by atoms with Crippen molar-refractivity contribution in [1.29, 1.82) is 0 Å². The van der Waals surface area contributed by atoms with Crippen molar-refractivity contribution in [3.05, 3.63) is 48.0 Å². The fourth-order valence-electron chi connectivity index (χ4n) is 4.24. The zero-order chi connectivity index (χ0) is 23.0. The van der Waals surface area contributed by atoms with Crippen molar-refractivity contribution in [3.63, 3.8) is 0 Å². The van der Waals surface area contributed by atoms with Crippen LogP contribution in [0, 0.1) is 5.92 Å². The lowest BCUT2D eigenvalue weighted by molar-refractivity contribution is -0.125. The minimum Gasteiger partial charge on any atom is -0.492 e. The average Bonchev–Trinajstić information content (AvgIpc) is 3.29. The van der Waals surface area contributed by atoms with Crippen molar-refractivity contribution in [2.75, 3.05) is 38.4 Å². The van der Waals surface area contributed by atoms with Crippen molar-refractivity contribution in [1.82, 2.24) is 10.2 Å². The molecule has 4 rings (SSSR count). The summed E-state index contributed by atoms with van der Waals surface area (Å²) in [7, 11) is 0. The highest BCUT2D eigenvalue weighted by atomic mass is 16.7. The van der Waals surface area contributed by atoms with Gasteiger partial charge in [0.15, 0.2) is 11.5 Å². The molecule has 0 aliphatic carbocycles. The number of piperidine rings is 1. The SMILES string of the molecule is CCOc1ccccc1NC(=O)NC(=O)C1CCN(CCCc2ccc3c(c2)OCO3)CC1. The number of anilines is 1. The lowest BCUT2D eigenvalue weighted by atomic mass is 9.95. The minimum absolute atomic E-state index is 0.150. The van der Waals surface area contributed by atoms with Crippen LogP contribution in [0.4, 0.5) is 10.5 Å². The number of amides is 3. The number of imide groups is 1. The number of ether oxygens (including phenoxy) is 3. The Balaban J connectivity index is 1.16. The van der Waals surface area contributed by atoms with E-state index in [0.29, 0.717) is 24.8 Å². The number of para-hydroxylation sites is 2. The number of carbonyl (C=O) groups is 2. The van der Waals surface area contributed by atoms with Gasteiger partial charge in [-0.3, -0.25) is 10.1 Å². The van der Waals surface area contributed by atoms with Gasteiger partial charge >= 0.3 is 6.03 Å². The molecule has 0 atom stereocenters. The molecule has 2 aromatic rings. The Morgan fingerprint density at radius 1 is 1.09 bits per heavy atom. The quantitative estimate of drug-likeness (QED) is 0.632. The van der Waals surface area contributed by atoms with Crippen LogP contribution in [0.25, 0.3) is 0 Å². The molecule has 33 heavy (non-hydrogen) atoms. The number of carbonyl (C=O) groups excluding carboxylic acids is 2. The summed E-state index contributed by atoms with van der Waals surface area (Å²) in [5.41, 5.74) is 1.78. The maximum atomic E-state index is 12.6. The summed E-state index contributed by atoms with van der Waals surface area (Å²) in [5, 5.41) is 5.19. The van der Waals surface area contributed by atoms with Crippen LogP contribution >= 0.6 is 0 Å². The highest BCUT2D eigenvalue weighted by Crippen LogP contribution is 2.32. The van der Waals surface area contributed by atoms with Crippen molar-refractivity contribution in [3.8, 4) is 17.2 Å². The topological polar surface area (TPSA) is 89.1 Å². The number of aryl methyl sites for hydroxylation is 1. The van der Waals surface area contributed by atoms with Gasteiger partial charge in [-0.1, -0.05) is 18.2 Å². The molecule has 0 bridgehead atoms. The minimum atomic E-state index is -0.529. The van der Waals surface area contributed by atoms with E-state index in [1.807, 2.05) is 25.1 Å². The van der Waals surface area contributed by atoms with Crippen LogP contribution in [0.15, 0.2) is 42.5 Å². The molecule has 0 aromatic heterocycles. The van der Waals surface area contributed by atoms with Gasteiger partial charge in [0, 0.05) is 5.92 Å². The molecule has 8 nitrogen and oxygen atoms in total. The first-order valence-electron chi connectivity index (χ1n) is 11.6. The molecule has 1 saturated heterocycles. The monoisotopic (exact) mass is 453 g/mol. The maximum absolute atomic E-state index is 12.6. The number of urea groups is 1. The van der Waals surface area contributed by atoms with Gasteiger partial charge in [0.1, 0.15) is 5.75 Å². The van der Waals surface area contributed by atoms with E-state index in [9.17, 15) is 9.59 Å². The summed E-state index contributed by atoms with van der Waals surface area (Å²) in [5.74, 6) is 1.84. The standard InChI is InChI=1S/C25H31N3O5/c1-2-31-21-8-4-3-7-20(21)26-25(30)27-24(29)19-11-14-28(15-12-19)13-5-6-18-9-10-22-23(16-18)33-17-32-22/h3-4,7-10,16,19H,2,5-6,11-15,17H2,1H3,(H2,26,27,29,30). The first kappa shape index (κ1) is 22.9. The Kier molecular flexibility index (Phi) is 7.67. The number of likely N-dealkylation sites (tertiary alicyclic amines) is 1. The lowest BCUT2D eigenvalue weighted by Crippen LogP contribution is -2.43. The molecule has 2 aromatic carbocycles. The van der Waals surface area contributed by atoms with E-state index in [0.717, 1.165) is 56.8 Å². The molecule has 2 aliphatic rings. The Bertz CT molecular complexity index is 972. The number of rotatable bonds is 8. The molecular weight excluding hydrogens is 422 g/mol. The normalized spacial score (nSPS) is 15.8. The maximum Gasteiger partial charge on any atom is 0.325 e. The molecule has 8 heteroatoms.